The van der Waals surface area contributed by atoms with Crippen LogP contribution in [0.25, 0.3) is 0 Å². The number of hydrogen-bond donors (Lipinski definition) is 1. The van der Waals surface area contributed by atoms with E-state index in [1.54, 1.807) is 24.2 Å². The molecule has 0 aliphatic carbocycles. The van der Waals surface area contributed by atoms with Gasteiger partial charge in [-0.15, -0.1) is 0 Å². The summed E-state index contributed by atoms with van der Waals surface area (Å²) in [6.07, 6.45) is 4.33. The summed E-state index contributed by atoms with van der Waals surface area (Å²) in [5, 5.41) is 4.17. The van der Waals surface area contributed by atoms with Crippen molar-refractivity contribution in [1.29, 1.82) is 0 Å². The van der Waals surface area contributed by atoms with E-state index in [4.69, 9.17) is 10.5 Å². The molecule has 2 N–H and O–H groups in total. The van der Waals surface area contributed by atoms with Crippen molar-refractivity contribution in [2.75, 3.05) is 7.11 Å². The summed E-state index contributed by atoms with van der Waals surface area (Å²) in [4.78, 5) is 4.40. The fourth-order valence-corrected chi connectivity index (χ4v) is 2.10. The molecule has 2 rings (SSSR count). The van der Waals surface area contributed by atoms with Crippen molar-refractivity contribution < 1.29 is 4.74 Å². The highest BCUT2D eigenvalue weighted by atomic mass is 16.5. The van der Waals surface area contributed by atoms with E-state index in [9.17, 15) is 0 Å². The highest BCUT2D eigenvalue weighted by Crippen LogP contribution is 2.28. The maximum Gasteiger partial charge on any atom is 0.161 e. The first-order valence-corrected chi connectivity index (χ1v) is 5.94. The smallest absolute Gasteiger partial charge is 0.161 e. The molecule has 2 aromatic heterocycles. The number of ether oxygens (including phenoxy) is 1. The van der Waals surface area contributed by atoms with Crippen molar-refractivity contribution in [2.45, 2.75) is 19.4 Å². The predicted molar refractivity (Wildman–Crippen MR) is 69.4 cm³/mol. The van der Waals surface area contributed by atoms with E-state index in [0.29, 0.717) is 5.75 Å². The number of aromatic nitrogens is 3. The summed E-state index contributed by atoms with van der Waals surface area (Å²) in [6, 6.07) is 3.64. The van der Waals surface area contributed by atoms with E-state index in [-0.39, 0.29) is 6.04 Å². The van der Waals surface area contributed by atoms with Crippen molar-refractivity contribution in [3.63, 3.8) is 0 Å². The molecule has 0 bridgehead atoms. The summed E-state index contributed by atoms with van der Waals surface area (Å²) in [6.45, 7) is 2.09. The molecule has 5 heteroatoms. The second kappa shape index (κ2) is 5.18. The average molecular weight is 246 g/mol. The van der Waals surface area contributed by atoms with Crippen LogP contribution in [0.3, 0.4) is 0 Å². The van der Waals surface area contributed by atoms with Gasteiger partial charge in [0.15, 0.2) is 5.75 Å². The quantitative estimate of drug-likeness (QED) is 0.886. The van der Waals surface area contributed by atoms with Gasteiger partial charge in [-0.3, -0.25) is 9.67 Å². The molecule has 96 valence electrons. The maximum absolute atomic E-state index is 6.31. The van der Waals surface area contributed by atoms with Crippen molar-refractivity contribution >= 4 is 0 Å². The zero-order chi connectivity index (χ0) is 13.1. The van der Waals surface area contributed by atoms with Crippen molar-refractivity contribution in [2.24, 2.45) is 12.8 Å². The van der Waals surface area contributed by atoms with E-state index in [1.165, 1.54) is 0 Å². The fourth-order valence-electron chi connectivity index (χ4n) is 2.10. The molecule has 18 heavy (non-hydrogen) atoms. The third-order valence-electron chi connectivity index (χ3n) is 3.07. The number of pyridine rings is 1. The first-order chi connectivity index (χ1) is 8.69. The Bertz CT molecular complexity index is 536. The largest absolute Gasteiger partial charge is 0.493 e. The summed E-state index contributed by atoms with van der Waals surface area (Å²) in [5.41, 5.74) is 9.17. The van der Waals surface area contributed by atoms with Crippen LogP contribution in [0.2, 0.25) is 0 Å². The van der Waals surface area contributed by atoms with Gasteiger partial charge in [-0.25, -0.2) is 0 Å². The normalized spacial score (nSPS) is 12.4. The molecule has 0 fully saturated rings. The lowest BCUT2D eigenvalue weighted by Gasteiger charge is -2.16. The number of hydrogen-bond acceptors (Lipinski definition) is 4. The first-order valence-electron chi connectivity index (χ1n) is 5.94. The van der Waals surface area contributed by atoms with Crippen LogP contribution < -0.4 is 10.5 Å². The molecule has 0 saturated heterocycles. The van der Waals surface area contributed by atoms with Gasteiger partial charge in [-0.05, 0) is 18.1 Å². The Labute approximate surface area is 107 Å². The Kier molecular flexibility index (Phi) is 3.62. The Morgan fingerprint density at radius 3 is 2.94 bits per heavy atom. The van der Waals surface area contributed by atoms with E-state index in [1.807, 2.05) is 19.2 Å². The molecule has 0 aromatic carbocycles. The topological polar surface area (TPSA) is 66.0 Å². The van der Waals surface area contributed by atoms with E-state index < -0.39 is 0 Å². The zero-order valence-corrected chi connectivity index (χ0v) is 10.9. The van der Waals surface area contributed by atoms with Gasteiger partial charge in [0.25, 0.3) is 0 Å². The molecule has 0 radical (unpaired) electrons. The van der Waals surface area contributed by atoms with Crippen LogP contribution in [0.5, 0.6) is 5.75 Å². The Morgan fingerprint density at radius 1 is 1.50 bits per heavy atom. The van der Waals surface area contributed by atoms with E-state index >= 15 is 0 Å². The summed E-state index contributed by atoms with van der Waals surface area (Å²) in [7, 11) is 3.47. The lowest BCUT2D eigenvalue weighted by molar-refractivity contribution is 0.405. The third kappa shape index (κ3) is 2.09. The maximum atomic E-state index is 6.31. The lowest BCUT2D eigenvalue weighted by Crippen LogP contribution is -2.19. The van der Waals surface area contributed by atoms with E-state index in [2.05, 4.69) is 17.0 Å². The molecular weight excluding hydrogens is 228 g/mol. The molecule has 0 saturated carbocycles. The molecule has 0 aliphatic heterocycles. The molecule has 5 nitrogen and oxygen atoms in total. The van der Waals surface area contributed by atoms with Crippen LogP contribution in [0.15, 0.2) is 24.5 Å². The van der Waals surface area contributed by atoms with Gasteiger partial charge in [-0.1, -0.05) is 13.0 Å². The van der Waals surface area contributed by atoms with E-state index in [0.717, 1.165) is 23.4 Å². The molecule has 1 unspecified atom stereocenters. The molecule has 0 amide bonds. The minimum absolute atomic E-state index is 0.330. The monoisotopic (exact) mass is 246 g/mol. The van der Waals surface area contributed by atoms with Gasteiger partial charge in [0.05, 0.1) is 25.0 Å². The lowest BCUT2D eigenvalue weighted by atomic mass is 10.0. The van der Waals surface area contributed by atoms with Crippen LogP contribution in [0.1, 0.15) is 29.9 Å². The number of rotatable bonds is 4. The SMILES string of the molecule is CCc1cccnc1C(N)c1c(OC)cnn1C. The van der Waals surface area contributed by atoms with Gasteiger partial charge < -0.3 is 10.5 Å². The minimum atomic E-state index is -0.330. The van der Waals surface area contributed by atoms with Crippen molar-refractivity contribution in [1.82, 2.24) is 14.8 Å². The van der Waals surface area contributed by atoms with Gasteiger partial charge in [0, 0.05) is 13.2 Å². The molecule has 0 spiro atoms. The Balaban J connectivity index is 2.47. The average Bonchev–Trinajstić information content (AvgIpc) is 2.79. The van der Waals surface area contributed by atoms with Crippen LogP contribution in [0, 0.1) is 0 Å². The van der Waals surface area contributed by atoms with Gasteiger partial charge in [0.2, 0.25) is 0 Å². The highest BCUT2D eigenvalue weighted by molar-refractivity contribution is 5.36. The second-order valence-corrected chi connectivity index (χ2v) is 4.10. The van der Waals surface area contributed by atoms with Crippen LogP contribution in [0.4, 0.5) is 0 Å². The standard InChI is InChI=1S/C13H18N4O/c1-4-9-6-5-7-15-12(9)11(14)13-10(18-3)8-16-17(13)2/h5-8,11H,4,14H2,1-3H3. The van der Waals surface area contributed by atoms with Gasteiger partial charge >= 0.3 is 0 Å². The van der Waals surface area contributed by atoms with Crippen molar-refractivity contribution in [3.8, 4) is 5.75 Å². The number of nitrogens with zero attached hydrogens (tertiary/aromatic N) is 3. The second-order valence-electron chi connectivity index (χ2n) is 4.10. The highest BCUT2D eigenvalue weighted by Gasteiger charge is 2.21. The minimum Gasteiger partial charge on any atom is -0.493 e. The van der Waals surface area contributed by atoms with Crippen LogP contribution in [-0.2, 0) is 13.5 Å². The first kappa shape index (κ1) is 12.6. The number of aryl methyl sites for hydroxylation is 2. The summed E-state index contributed by atoms with van der Waals surface area (Å²) >= 11 is 0. The molecule has 2 heterocycles. The number of nitrogens with two attached hydrogens (primary N) is 1. The van der Waals surface area contributed by atoms with Crippen molar-refractivity contribution in [3.05, 3.63) is 41.5 Å². The fraction of sp³-hybridized carbons (Fsp3) is 0.385. The summed E-state index contributed by atoms with van der Waals surface area (Å²) in [5.74, 6) is 0.692. The predicted octanol–water partition coefficient (Wildman–Crippen LogP) is 1.43. The van der Waals surface area contributed by atoms with Gasteiger partial charge in [-0.2, -0.15) is 5.10 Å². The number of methoxy groups -OCH3 is 1. The molecule has 2 aromatic rings. The summed E-state index contributed by atoms with van der Waals surface area (Å²) < 4.78 is 7.02. The Hall–Kier alpha value is -1.88. The van der Waals surface area contributed by atoms with Crippen LogP contribution >= 0.6 is 0 Å². The van der Waals surface area contributed by atoms with Gasteiger partial charge in [0.1, 0.15) is 5.69 Å². The Morgan fingerprint density at radius 2 is 2.28 bits per heavy atom. The zero-order valence-electron chi connectivity index (χ0n) is 10.9. The third-order valence-corrected chi connectivity index (χ3v) is 3.07. The molecular formula is C13H18N4O. The molecule has 0 aliphatic rings. The van der Waals surface area contributed by atoms with Crippen LogP contribution in [-0.4, -0.2) is 21.9 Å². The molecule has 1 atom stereocenters.